The quantitative estimate of drug-likeness (QED) is 0.692. The number of benzene rings is 2. The molecule has 0 spiro atoms. The number of aromatic nitrogens is 2. The third-order valence-corrected chi connectivity index (χ3v) is 5.60. The number of phenols is 1. The first-order valence-corrected chi connectivity index (χ1v) is 10.2. The Kier molecular flexibility index (Phi) is 5.40. The molecule has 2 aromatic carbocycles. The molecule has 2 heterocycles. The average Bonchev–Trinajstić information content (AvgIpc) is 2.75. The monoisotopic (exact) mass is 403 g/mol. The standard InChI is InChI=1S/C24H25N3O3/c1-15-5-4-10-27(14-15)23(29)19-7-3-6-17(12-19)20-13-21(26-24(30)25-20)18-8-9-22(28)16(2)11-18/h3,6-9,11-13,15,28H,4-5,10,14H2,1-2H3,(H,25,26,30). The zero-order valence-corrected chi connectivity index (χ0v) is 17.2. The number of aryl methyl sites for hydroxylation is 1. The minimum atomic E-state index is -0.463. The van der Waals surface area contributed by atoms with Crippen molar-refractivity contribution >= 4 is 5.91 Å². The molecule has 4 rings (SSSR count). The summed E-state index contributed by atoms with van der Waals surface area (Å²) >= 11 is 0. The maximum absolute atomic E-state index is 13.0. The first-order valence-electron chi connectivity index (χ1n) is 10.2. The lowest BCUT2D eigenvalue weighted by atomic mass is 9.99. The van der Waals surface area contributed by atoms with Crippen LogP contribution in [-0.4, -0.2) is 39.0 Å². The van der Waals surface area contributed by atoms with E-state index in [1.165, 1.54) is 0 Å². The van der Waals surface area contributed by atoms with E-state index in [2.05, 4.69) is 16.9 Å². The highest BCUT2D eigenvalue weighted by molar-refractivity contribution is 5.95. The molecular weight excluding hydrogens is 378 g/mol. The lowest BCUT2D eigenvalue weighted by molar-refractivity contribution is 0.0683. The van der Waals surface area contributed by atoms with Gasteiger partial charge in [-0.15, -0.1) is 0 Å². The molecular formula is C24H25N3O3. The van der Waals surface area contributed by atoms with Crippen molar-refractivity contribution in [3.05, 3.63) is 70.1 Å². The Balaban J connectivity index is 1.68. The molecule has 0 saturated carbocycles. The second-order valence-corrected chi connectivity index (χ2v) is 8.07. The summed E-state index contributed by atoms with van der Waals surface area (Å²) in [6, 6.07) is 14.2. The van der Waals surface area contributed by atoms with Crippen LogP contribution in [0.1, 0.15) is 35.7 Å². The summed E-state index contributed by atoms with van der Waals surface area (Å²) in [5, 5.41) is 9.76. The van der Waals surface area contributed by atoms with Crippen molar-refractivity contribution in [3.8, 4) is 28.3 Å². The van der Waals surface area contributed by atoms with Crippen LogP contribution in [0.4, 0.5) is 0 Å². The van der Waals surface area contributed by atoms with Gasteiger partial charge in [-0.2, -0.15) is 4.98 Å². The molecule has 3 aromatic rings. The molecule has 6 nitrogen and oxygen atoms in total. The molecule has 2 N–H and O–H groups in total. The molecule has 0 aliphatic carbocycles. The summed E-state index contributed by atoms with van der Waals surface area (Å²) in [7, 11) is 0. The Hall–Kier alpha value is -3.41. The zero-order valence-electron chi connectivity index (χ0n) is 17.2. The number of nitrogens with zero attached hydrogens (tertiary/aromatic N) is 2. The first-order chi connectivity index (χ1) is 14.4. The maximum Gasteiger partial charge on any atom is 0.345 e. The Morgan fingerprint density at radius 3 is 2.77 bits per heavy atom. The third kappa shape index (κ3) is 4.13. The predicted octanol–water partition coefficient (Wildman–Crippen LogP) is 3.99. The zero-order chi connectivity index (χ0) is 21.3. The van der Waals surface area contributed by atoms with Crippen LogP contribution in [0.5, 0.6) is 5.75 Å². The summed E-state index contributed by atoms with van der Waals surface area (Å²) in [6.07, 6.45) is 2.18. The van der Waals surface area contributed by atoms with Gasteiger partial charge in [-0.25, -0.2) is 4.79 Å². The van der Waals surface area contributed by atoms with E-state index in [4.69, 9.17) is 0 Å². The van der Waals surface area contributed by atoms with Crippen LogP contribution < -0.4 is 5.69 Å². The molecule has 1 aliphatic heterocycles. The van der Waals surface area contributed by atoms with Gasteiger partial charge in [-0.05, 0) is 73.2 Å². The maximum atomic E-state index is 13.0. The third-order valence-electron chi connectivity index (χ3n) is 5.60. The van der Waals surface area contributed by atoms with Crippen molar-refractivity contribution in [1.29, 1.82) is 0 Å². The van der Waals surface area contributed by atoms with E-state index in [0.29, 0.717) is 28.4 Å². The Bertz CT molecular complexity index is 1150. The minimum Gasteiger partial charge on any atom is -0.508 e. The Labute approximate surface area is 175 Å². The molecule has 1 amide bonds. The highest BCUT2D eigenvalue weighted by Crippen LogP contribution is 2.27. The van der Waals surface area contributed by atoms with E-state index in [9.17, 15) is 14.7 Å². The fraction of sp³-hybridized carbons (Fsp3) is 0.292. The number of likely N-dealkylation sites (tertiary alicyclic amines) is 1. The number of H-pyrrole nitrogens is 1. The first kappa shape index (κ1) is 19.9. The summed E-state index contributed by atoms with van der Waals surface area (Å²) < 4.78 is 0. The molecule has 1 atom stereocenters. The van der Waals surface area contributed by atoms with Crippen molar-refractivity contribution < 1.29 is 9.90 Å². The van der Waals surface area contributed by atoms with Gasteiger partial charge in [0.25, 0.3) is 5.91 Å². The van der Waals surface area contributed by atoms with Crippen LogP contribution in [0, 0.1) is 12.8 Å². The predicted molar refractivity (Wildman–Crippen MR) is 116 cm³/mol. The van der Waals surface area contributed by atoms with E-state index < -0.39 is 5.69 Å². The molecule has 1 fully saturated rings. The van der Waals surface area contributed by atoms with Gasteiger partial charge in [0.05, 0.1) is 11.4 Å². The van der Waals surface area contributed by atoms with Crippen LogP contribution in [0.25, 0.3) is 22.5 Å². The van der Waals surface area contributed by atoms with E-state index in [0.717, 1.165) is 37.1 Å². The number of carbonyl (C=O) groups is 1. The Morgan fingerprint density at radius 2 is 2.00 bits per heavy atom. The number of piperidine rings is 1. The van der Waals surface area contributed by atoms with E-state index in [1.807, 2.05) is 29.2 Å². The number of aromatic amines is 1. The van der Waals surface area contributed by atoms with Gasteiger partial charge in [0.1, 0.15) is 5.75 Å². The number of phenolic OH excluding ortho intramolecular Hbond substituents is 1. The van der Waals surface area contributed by atoms with Crippen molar-refractivity contribution in [2.24, 2.45) is 5.92 Å². The van der Waals surface area contributed by atoms with Gasteiger partial charge >= 0.3 is 5.69 Å². The summed E-state index contributed by atoms with van der Waals surface area (Å²) in [5.41, 5.74) is 3.46. The fourth-order valence-corrected chi connectivity index (χ4v) is 3.95. The highest BCUT2D eigenvalue weighted by atomic mass is 16.3. The fourth-order valence-electron chi connectivity index (χ4n) is 3.95. The summed E-state index contributed by atoms with van der Waals surface area (Å²) in [4.78, 5) is 34.0. The number of aromatic hydroxyl groups is 1. The van der Waals surface area contributed by atoms with Crippen LogP contribution in [-0.2, 0) is 0 Å². The molecule has 0 bridgehead atoms. The second kappa shape index (κ2) is 8.14. The summed E-state index contributed by atoms with van der Waals surface area (Å²) in [5.74, 6) is 0.729. The van der Waals surface area contributed by atoms with E-state index >= 15 is 0 Å². The number of amides is 1. The van der Waals surface area contributed by atoms with Gasteiger partial charge in [0.2, 0.25) is 0 Å². The van der Waals surface area contributed by atoms with Crippen LogP contribution in [0.2, 0.25) is 0 Å². The number of hydrogen-bond donors (Lipinski definition) is 2. The number of nitrogens with one attached hydrogen (secondary N) is 1. The minimum absolute atomic E-state index is 0.0163. The number of rotatable bonds is 3. The molecule has 30 heavy (non-hydrogen) atoms. The largest absolute Gasteiger partial charge is 0.508 e. The normalized spacial score (nSPS) is 16.5. The number of hydrogen-bond acceptors (Lipinski definition) is 4. The number of carbonyl (C=O) groups excluding carboxylic acids is 1. The van der Waals surface area contributed by atoms with Gasteiger partial charge in [-0.1, -0.05) is 19.1 Å². The molecule has 1 saturated heterocycles. The van der Waals surface area contributed by atoms with Crippen molar-refractivity contribution in [3.63, 3.8) is 0 Å². The van der Waals surface area contributed by atoms with Crippen LogP contribution >= 0.6 is 0 Å². The molecule has 6 heteroatoms. The van der Waals surface area contributed by atoms with Gasteiger partial charge in [-0.3, -0.25) is 4.79 Å². The molecule has 154 valence electrons. The Morgan fingerprint density at radius 1 is 1.17 bits per heavy atom. The van der Waals surface area contributed by atoms with Crippen molar-refractivity contribution in [2.75, 3.05) is 13.1 Å². The van der Waals surface area contributed by atoms with E-state index in [1.54, 1.807) is 31.2 Å². The lowest BCUT2D eigenvalue weighted by Gasteiger charge is -2.31. The molecule has 1 aliphatic rings. The van der Waals surface area contributed by atoms with Crippen LogP contribution in [0.15, 0.2) is 53.3 Å². The molecule has 1 unspecified atom stereocenters. The van der Waals surface area contributed by atoms with Gasteiger partial charge in [0.15, 0.2) is 0 Å². The average molecular weight is 403 g/mol. The smallest absolute Gasteiger partial charge is 0.345 e. The lowest BCUT2D eigenvalue weighted by Crippen LogP contribution is -2.39. The van der Waals surface area contributed by atoms with E-state index in [-0.39, 0.29) is 11.7 Å². The molecule has 0 radical (unpaired) electrons. The van der Waals surface area contributed by atoms with Gasteiger partial charge < -0.3 is 15.0 Å². The molecule has 1 aromatic heterocycles. The summed E-state index contributed by atoms with van der Waals surface area (Å²) in [6.45, 7) is 5.52. The van der Waals surface area contributed by atoms with Crippen molar-refractivity contribution in [2.45, 2.75) is 26.7 Å². The highest BCUT2D eigenvalue weighted by Gasteiger charge is 2.22. The second-order valence-electron chi connectivity index (χ2n) is 8.07. The topological polar surface area (TPSA) is 86.3 Å². The van der Waals surface area contributed by atoms with Gasteiger partial charge in [0, 0.05) is 24.2 Å². The van der Waals surface area contributed by atoms with Crippen molar-refractivity contribution in [1.82, 2.24) is 14.9 Å². The van der Waals surface area contributed by atoms with Crippen LogP contribution in [0.3, 0.4) is 0 Å². The SMILES string of the molecule is Cc1cc(-c2cc(-c3cccc(C(=O)N4CCCC(C)C4)c3)nc(=O)[nH]2)ccc1O.